The quantitative estimate of drug-likeness (QED) is 0.738. The van der Waals surface area contributed by atoms with Crippen LogP contribution >= 0.6 is 0 Å². The number of aryl methyl sites for hydroxylation is 1. The van der Waals surface area contributed by atoms with Crippen molar-refractivity contribution in [3.63, 3.8) is 0 Å². The maximum atomic E-state index is 14.0. The highest BCUT2D eigenvalue weighted by atomic mass is 19.1. The molecule has 1 aromatic heterocycles. The van der Waals surface area contributed by atoms with E-state index in [4.69, 9.17) is 4.74 Å². The van der Waals surface area contributed by atoms with Crippen molar-refractivity contribution in [1.29, 1.82) is 0 Å². The van der Waals surface area contributed by atoms with E-state index in [0.717, 1.165) is 5.69 Å². The van der Waals surface area contributed by atoms with Gasteiger partial charge in [-0.25, -0.2) is 9.07 Å². The summed E-state index contributed by atoms with van der Waals surface area (Å²) in [7, 11) is 0. The van der Waals surface area contributed by atoms with Gasteiger partial charge in [-0.15, -0.1) is 0 Å². The number of carbonyl (C=O) groups excluding carboxylic acids is 2. The van der Waals surface area contributed by atoms with E-state index in [1.54, 1.807) is 60.4 Å². The number of nitrogens with zero attached hydrogens (tertiary/aromatic N) is 3. The number of halogens is 1. The average molecular weight is 394 g/mol. The van der Waals surface area contributed by atoms with E-state index in [1.807, 2.05) is 0 Å². The summed E-state index contributed by atoms with van der Waals surface area (Å²) in [6.45, 7) is 2.82. The van der Waals surface area contributed by atoms with Crippen LogP contribution < -0.4 is 10.2 Å². The fourth-order valence-electron chi connectivity index (χ4n) is 3.16. The first-order valence-corrected chi connectivity index (χ1v) is 9.14. The van der Waals surface area contributed by atoms with Gasteiger partial charge in [0.15, 0.2) is 5.69 Å². The number of rotatable bonds is 4. The Morgan fingerprint density at radius 2 is 1.93 bits per heavy atom. The van der Waals surface area contributed by atoms with Crippen LogP contribution in [0, 0.1) is 12.7 Å². The second-order valence-electron chi connectivity index (χ2n) is 6.63. The highest BCUT2D eigenvalue weighted by Crippen LogP contribution is 2.21. The third kappa shape index (κ3) is 3.88. The maximum absolute atomic E-state index is 14.0. The van der Waals surface area contributed by atoms with Gasteiger partial charge in [0.05, 0.1) is 6.61 Å². The lowest BCUT2D eigenvalue weighted by Gasteiger charge is -2.26. The zero-order chi connectivity index (χ0) is 20.4. The number of amides is 2. The lowest BCUT2D eigenvalue weighted by molar-refractivity contribution is -0.125. The molecule has 29 heavy (non-hydrogen) atoms. The molecule has 0 saturated carbocycles. The molecule has 2 amide bonds. The van der Waals surface area contributed by atoms with Crippen LogP contribution in [0.15, 0.2) is 54.6 Å². The van der Waals surface area contributed by atoms with E-state index < -0.39 is 11.7 Å². The largest absolute Gasteiger partial charge is 0.370 e. The third-order valence-corrected chi connectivity index (χ3v) is 4.62. The summed E-state index contributed by atoms with van der Waals surface area (Å²) in [4.78, 5) is 26.1. The van der Waals surface area contributed by atoms with Gasteiger partial charge in [-0.1, -0.05) is 12.1 Å². The predicted octanol–water partition coefficient (Wildman–Crippen LogP) is 2.94. The van der Waals surface area contributed by atoms with Gasteiger partial charge in [0.25, 0.3) is 11.8 Å². The number of morpholine rings is 1. The fraction of sp³-hybridized carbons (Fsp3) is 0.190. The fourth-order valence-corrected chi connectivity index (χ4v) is 3.16. The number of carbonyl (C=O) groups is 2. The molecule has 1 aliphatic rings. The monoisotopic (exact) mass is 394 g/mol. The van der Waals surface area contributed by atoms with Crippen LogP contribution in [0.25, 0.3) is 5.69 Å². The molecule has 3 aromatic rings. The number of hydrogen-bond acceptors (Lipinski definition) is 4. The SMILES string of the molecule is Cc1cc(C(=O)Nc2ccc(N3CCOCC3=O)cc2)nn1-c1ccccc1F. The van der Waals surface area contributed by atoms with Crippen molar-refractivity contribution in [3.8, 4) is 5.69 Å². The van der Waals surface area contributed by atoms with Gasteiger partial charge in [-0.2, -0.15) is 5.10 Å². The number of para-hydroxylation sites is 1. The van der Waals surface area contributed by atoms with Crippen molar-refractivity contribution in [1.82, 2.24) is 9.78 Å². The Morgan fingerprint density at radius 1 is 1.17 bits per heavy atom. The molecule has 1 N–H and O–H groups in total. The van der Waals surface area contributed by atoms with Gasteiger partial charge in [-0.05, 0) is 49.4 Å². The molecule has 2 heterocycles. The molecule has 4 rings (SSSR count). The maximum Gasteiger partial charge on any atom is 0.276 e. The molecular formula is C21H19FN4O3. The first-order chi connectivity index (χ1) is 14.0. The van der Waals surface area contributed by atoms with Gasteiger partial charge < -0.3 is 15.0 Å². The Hall–Kier alpha value is -3.52. The van der Waals surface area contributed by atoms with Crippen molar-refractivity contribution in [2.45, 2.75) is 6.92 Å². The molecule has 8 heteroatoms. The standard InChI is InChI=1S/C21H19FN4O3/c1-14-12-18(24-26(14)19-5-3-2-4-17(19)22)21(28)23-15-6-8-16(9-7-15)25-10-11-29-13-20(25)27/h2-9,12H,10-11,13H2,1H3,(H,23,28). The average Bonchev–Trinajstić information content (AvgIpc) is 3.11. The predicted molar refractivity (Wildman–Crippen MR) is 106 cm³/mol. The Labute approximate surface area is 166 Å². The van der Waals surface area contributed by atoms with E-state index in [2.05, 4.69) is 10.4 Å². The molecule has 2 aromatic carbocycles. The summed E-state index contributed by atoms with van der Waals surface area (Å²) < 4.78 is 20.6. The molecule has 0 spiro atoms. The molecule has 1 saturated heterocycles. The molecule has 1 fully saturated rings. The lowest BCUT2D eigenvalue weighted by Crippen LogP contribution is -2.41. The molecular weight excluding hydrogens is 375 g/mol. The molecule has 0 bridgehead atoms. The number of nitrogens with one attached hydrogen (secondary N) is 1. The van der Waals surface area contributed by atoms with Crippen molar-refractivity contribution in [2.24, 2.45) is 0 Å². The summed E-state index contributed by atoms with van der Waals surface area (Å²) in [5, 5.41) is 7.01. The normalized spacial score (nSPS) is 14.1. The minimum absolute atomic E-state index is 0.0719. The molecule has 7 nitrogen and oxygen atoms in total. The number of hydrogen-bond donors (Lipinski definition) is 1. The van der Waals surface area contributed by atoms with E-state index in [1.165, 1.54) is 10.7 Å². The lowest BCUT2D eigenvalue weighted by atomic mass is 10.2. The van der Waals surface area contributed by atoms with Gasteiger partial charge in [0.2, 0.25) is 0 Å². The van der Waals surface area contributed by atoms with Gasteiger partial charge in [0, 0.05) is 23.6 Å². The highest BCUT2D eigenvalue weighted by molar-refractivity contribution is 6.03. The first-order valence-electron chi connectivity index (χ1n) is 9.14. The number of benzene rings is 2. The number of anilines is 2. The molecule has 0 aliphatic carbocycles. The van der Waals surface area contributed by atoms with E-state index in [0.29, 0.717) is 24.5 Å². The van der Waals surface area contributed by atoms with Gasteiger partial charge >= 0.3 is 0 Å². The van der Waals surface area contributed by atoms with Crippen molar-refractivity contribution in [3.05, 3.63) is 71.8 Å². The highest BCUT2D eigenvalue weighted by Gasteiger charge is 2.20. The summed E-state index contributed by atoms with van der Waals surface area (Å²) in [6, 6.07) is 14.8. The van der Waals surface area contributed by atoms with Crippen LogP contribution in [-0.2, 0) is 9.53 Å². The van der Waals surface area contributed by atoms with Crippen molar-refractivity contribution < 1.29 is 18.7 Å². The zero-order valence-corrected chi connectivity index (χ0v) is 15.8. The molecule has 148 valence electrons. The summed E-state index contributed by atoms with van der Waals surface area (Å²) in [5.41, 5.74) is 2.41. The summed E-state index contributed by atoms with van der Waals surface area (Å²) in [6.07, 6.45) is 0. The minimum atomic E-state index is -0.418. The summed E-state index contributed by atoms with van der Waals surface area (Å²) in [5.74, 6) is -0.917. The van der Waals surface area contributed by atoms with E-state index >= 15 is 0 Å². The number of ether oxygens (including phenoxy) is 1. The zero-order valence-electron chi connectivity index (χ0n) is 15.8. The topological polar surface area (TPSA) is 76.5 Å². The first kappa shape index (κ1) is 18.8. The van der Waals surface area contributed by atoms with Crippen LogP contribution in [0.2, 0.25) is 0 Å². The van der Waals surface area contributed by atoms with Crippen LogP contribution in [0.5, 0.6) is 0 Å². The molecule has 1 aliphatic heterocycles. The number of aromatic nitrogens is 2. The minimum Gasteiger partial charge on any atom is -0.370 e. The Balaban J connectivity index is 1.49. The van der Waals surface area contributed by atoms with Crippen molar-refractivity contribution >= 4 is 23.2 Å². The second kappa shape index (κ2) is 7.84. The Kier molecular flexibility index (Phi) is 5.09. The Bertz CT molecular complexity index is 1060. The van der Waals surface area contributed by atoms with Gasteiger partial charge in [-0.3, -0.25) is 9.59 Å². The van der Waals surface area contributed by atoms with Crippen LogP contribution in [-0.4, -0.2) is 41.4 Å². The smallest absolute Gasteiger partial charge is 0.276 e. The van der Waals surface area contributed by atoms with E-state index in [-0.39, 0.29) is 23.9 Å². The summed E-state index contributed by atoms with van der Waals surface area (Å²) >= 11 is 0. The van der Waals surface area contributed by atoms with E-state index in [9.17, 15) is 14.0 Å². The van der Waals surface area contributed by atoms with Crippen LogP contribution in [0.3, 0.4) is 0 Å². The molecule has 0 atom stereocenters. The van der Waals surface area contributed by atoms with Crippen LogP contribution in [0.1, 0.15) is 16.2 Å². The molecule has 0 unspecified atom stereocenters. The third-order valence-electron chi connectivity index (χ3n) is 4.62. The van der Waals surface area contributed by atoms with Gasteiger partial charge in [0.1, 0.15) is 18.1 Å². The van der Waals surface area contributed by atoms with Crippen LogP contribution in [0.4, 0.5) is 15.8 Å². The second-order valence-corrected chi connectivity index (χ2v) is 6.63. The van der Waals surface area contributed by atoms with Crippen molar-refractivity contribution in [2.75, 3.05) is 30.0 Å². The molecule has 0 radical (unpaired) electrons. The Morgan fingerprint density at radius 3 is 2.66 bits per heavy atom.